The van der Waals surface area contributed by atoms with E-state index in [2.05, 4.69) is 5.32 Å². The molecule has 0 aliphatic carbocycles. The Morgan fingerprint density at radius 2 is 1.35 bits per heavy atom. The first kappa shape index (κ1) is 24.6. The number of benzene rings is 2. The van der Waals surface area contributed by atoms with Gasteiger partial charge >= 0.3 is 0 Å². The van der Waals surface area contributed by atoms with Crippen LogP contribution in [0.2, 0.25) is 0 Å². The smallest absolute Gasteiger partial charge is 0.298 e. The molecule has 0 bridgehead atoms. The highest BCUT2D eigenvalue weighted by Crippen LogP contribution is 2.34. The largest absolute Gasteiger partial charge is 0.492 e. The molecule has 170 valence electrons. The predicted octanol–water partition coefficient (Wildman–Crippen LogP) is 2.15. The molecular weight excluding hydrogens is 450 g/mol. The number of carbonyl (C=O) groups excluding carboxylic acids is 1. The zero-order valence-electron chi connectivity index (χ0n) is 16.9. The van der Waals surface area contributed by atoms with Crippen LogP contribution in [0.4, 0.5) is 0 Å². The standard InChI is InChI=1S/C19H23NO9S2/c1-3-9-28-15-7-5-13(10-17(15)30(22,23)24)14-6-8-16(18(11-14)31(25,26)27)29-12-19(21)20-4-2/h5-8,10-11H,3-4,9,12H2,1-2H3,(H,20,21)(H,22,23,24)(H,25,26,27). The van der Waals surface area contributed by atoms with Crippen molar-refractivity contribution < 1.29 is 40.2 Å². The third-order valence-corrected chi connectivity index (χ3v) is 5.72. The molecule has 3 N–H and O–H groups in total. The number of ether oxygens (including phenoxy) is 2. The van der Waals surface area contributed by atoms with Crippen LogP contribution in [0.15, 0.2) is 46.2 Å². The van der Waals surface area contributed by atoms with E-state index in [0.29, 0.717) is 13.0 Å². The van der Waals surface area contributed by atoms with E-state index in [1.54, 1.807) is 6.92 Å². The summed E-state index contributed by atoms with van der Waals surface area (Å²) in [7, 11) is -9.36. The first-order chi connectivity index (χ1) is 14.5. The molecule has 0 fully saturated rings. The van der Waals surface area contributed by atoms with Crippen molar-refractivity contribution in [1.82, 2.24) is 5.32 Å². The summed E-state index contributed by atoms with van der Waals surface area (Å²) in [5.41, 5.74) is 0.446. The van der Waals surface area contributed by atoms with Gasteiger partial charge in [0.25, 0.3) is 26.1 Å². The Morgan fingerprint density at radius 1 is 0.871 bits per heavy atom. The van der Waals surface area contributed by atoms with Crippen LogP contribution in [-0.4, -0.2) is 51.6 Å². The fourth-order valence-electron chi connectivity index (χ4n) is 2.62. The van der Waals surface area contributed by atoms with Gasteiger partial charge in [-0.05, 0) is 48.7 Å². The molecule has 0 saturated carbocycles. The quantitative estimate of drug-likeness (QED) is 0.440. The number of carbonyl (C=O) groups is 1. The summed E-state index contributed by atoms with van der Waals surface area (Å²) in [4.78, 5) is 10.5. The lowest BCUT2D eigenvalue weighted by atomic mass is 10.1. The summed E-state index contributed by atoms with van der Waals surface area (Å²) in [6, 6.07) is 7.64. The summed E-state index contributed by atoms with van der Waals surface area (Å²) in [5.74, 6) is -0.784. The molecule has 10 nitrogen and oxygen atoms in total. The zero-order chi connectivity index (χ0) is 23.2. The first-order valence-electron chi connectivity index (χ1n) is 9.23. The van der Waals surface area contributed by atoms with Crippen LogP contribution in [0, 0.1) is 0 Å². The molecule has 2 aromatic carbocycles. The maximum Gasteiger partial charge on any atom is 0.298 e. The summed E-state index contributed by atoms with van der Waals surface area (Å²) in [5, 5.41) is 2.48. The molecule has 0 saturated heterocycles. The van der Waals surface area contributed by atoms with E-state index >= 15 is 0 Å². The lowest BCUT2D eigenvalue weighted by Crippen LogP contribution is -2.28. The molecule has 0 spiro atoms. The molecule has 0 radical (unpaired) electrons. The number of likely N-dealkylation sites (N-methyl/N-ethyl adjacent to an activating group) is 1. The third-order valence-electron chi connectivity index (χ3n) is 3.97. The van der Waals surface area contributed by atoms with Gasteiger partial charge in [0.2, 0.25) is 0 Å². The highest BCUT2D eigenvalue weighted by molar-refractivity contribution is 7.86. The van der Waals surface area contributed by atoms with Gasteiger partial charge in [0.05, 0.1) is 6.61 Å². The molecule has 0 aromatic heterocycles. The average Bonchev–Trinajstić information content (AvgIpc) is 2.69. The second-order valence-corrected chi connectivity index (χ2v) is 9.14. The van der Waals surface area contributed by atoms with E-state index in [0.717, 1.165) is 12.1 Å². The topological polar surface area (TPSA) is 156 Å². The van der Waals surface area contributed by atoms with E-state index < -0.39 is 42.5 Å². The second-order valence-electron chi connectivity index (χ2n) is 6.36. The molecule has 31 heavy (non-hydrogen) atoms. The van der Waals surface area contributed by atoms with Crippen LogP contribution >= 0.6 is 0 Å². The van der Waals surface area contributed by atoms with Gasteiger partial charge < -0.3 is 14.8 Å². The predicted molar refractivity (Wildman–Crippen MR) is 111 cm³/mol. The number of rotatable bonds is 10. The van der Waals surface area contributed by atoms with Gasteiger partial charge in [-0.25, -0.2) is 0 Å². The van der Waals surface area contributed by atoms with Crippen molar-refractivity contribution in [3.63, 3.8) is 0 Å². The summed E-state index contributed by atoms with van der Waals surface area (Å²) in [6.45, 7) is 3.66. The van der Waals surface area contributed by atoms with Crippen molar-refractivity contribution in [2.45, 2.75) is 30.1 Å². The fourth-order valence-corrected chi connectivity index (χ4v) is 3.93. The van der Waals surface area contributed by atoms with Crippen LogP contribution in [0.1, 0.15) is 20.3 Å². The number of amides is 1. The minimum atomic E-state index is -4.73. The van der Waals surface area contributed by atoms with Gasteiger partial charge in [0.15, 0.2) is 6.61 Å². The summed E-state index contributed by atoms with van der Waals surface area (Å²) in [6.07, 6.45) is 0.613. The number of hydrogen-bond acceptors (Lipinski definition) is 7. The van der Waals surface area contributed by atoms with E-state index in [1.807, 2.05) is 6.92 Å². The lowest BCUT2D eigenvalue weighted by Gasteiger charge is -2.13. The van der Waals surface area contributed by atoms with Crippen LogP contribution in [0.3, 0.4) is 0 Å². The molecule has 0 heterocycles. The lowest BCUT2D eigenvalue weighted by molar-refractivity contribution is -0.123. The van der Waals surface area contributed by atoms with Gasteiger partial charge in [0.1, 0.15) is 21.3 Å². The molecule has 0 aliphatic rings. The van der Waals surface area contributed by atoms with Crippen LogP contribution in [0.5, 0.6) is 11.5 Å². The Bertz CT molecular complexity index is 1160. The van der Waals surface area contributed by atoms with Gasteiger partial charge in [-0.15, -0.1) is 0 Å². The minimum absolute atomic E-state index is 0.0509. The molecule has 0 unspecified atom stereocenters. The molecular formula is C19H23NO9S2. The van der Waals surface area contributed by atoms with Gasteiger partial charge in [-0.2, -0.15) is 16.8 Å². The molecule has 0 atom stereocenters. The fraction of sp³-hybridized carbons (Fsp3) is 0.316. The Hall–Kier alpha value is -2.67. The van der Waals surface area contributed by atoms with Gasteiger partial charge in [-0.3, -0.25) is 13.9 Å². The molecule has 0 aliphatic heterocycles. The Labute approximate surface area is 180 Å². The van der Waals surface area contributed by atoms with Crippen molar-refractivity contribution in [3.8, 4) is 22.6 Å². The van der Waals surface area contributed by atoms with Crippen LogP contribution < -0.4 is 14.8 Å². The number of nitrogens with one attached hydrogen (secondary N) is 1. The Kier molecular flexibility index (Phi) is 8.01. The van der Waals surface area contributed by atoms with E-state index in [-0.39, 0.29) is 29.2 Å². The highest BCUT2D eigenvalue weighted by atomic mass is 32.2. The zero-order valence-corrected chi connectivity index (χ0v) is 18.5. The molecule has 2 aromatic rings. The maximum absolute atomic E-state index is 11.8. The molecule has 2 rings (SSSR count). The molecule has 1 amide bonds. The third kappa shape index (κ3) is 6.66. The monoisotopic (exact) mass is 473 g/mol. The SMILES string of the molecule is CCCOc1ccc(-c2ccc(OCC(=O)NCC)c(S(=O)(=O)O)c2)cc1S(=O)(=O)O. The van der Waals surface area contributed by atoms with Crippen molar-refractivity contribution in [1.29, 1.82) is 0 Å². The minimum Gasteiger partial charge on any atom is -0.492 e. The summed E-state index contributed by atoms with van der Waals surface area (Å²) < 4.78 is 76.8. The van der Waals surface area contributed by atoms with E-state index in [1.165, 1.54) is 24.3 Å². The van der Waals surface area contributed by atoms with E-state index in [4.69, 9.17) is 9.47 Å². The van der Waals surface area contributed by atoms with Gasteiger partial charge in [0, 0.05) is 6.54 Å². The Balaban J connectivity index is 2.50. The van der Waals surface area contributed by atoms with Crippen molar-refractivity contribution >= 4 is 26.1 Å². The highest BCUT2D eigenvalue weighted by Gasteiger charge is 2.21. The van der Waals surface area contributed by atoms with Crippen LogP contribution in [0.25, 0.3) is 11.1 Å². The number of hydrogen-bond donors (Lipinski definition) is 3. The Morgan fingerprint density at radius 3 is 1.77 bits per heavy atom. The first-order valence-corrected chi connectivity index (χ1v) is 12.1. The average molecular weight is 474 g/mol. The summed E-state index contributed by atoms with van der Waals surface area (Å²) >= 11 is 0. The molecule has 12 heteroatoms. The second kappa shape index (κ2) is 10.1. The van der Waals surface area contributed by atoms with Gasteiger partial charge in [-0.1, -0.05) is 19.1 Å². The van der Waals surface area contributed by atoms with Crippen molar-refractivity contribution in [2.24, 2.45) is 0 Å². The van der Waals surface area contributed by atoms with E-state index in [9.17, 15) is 30.7 Å². The normalized spacial score (nSPS) is 11.7. The van der Waals surface area contributed by atoms with Crippen molar-refractivity contribution in [2.75, 3.05) is 19.8 Å². The van der Waals surface area contributed by atoms with Crippen LogP contribution in [-0.2, 0) is 25.0 Å². The van der Waals surface area contributed by atoms with Crippen molar-refractivity contribution in [3.05, 3.63) is 36.4 Å². The maximum atomic E-state index is 11.8.